The molecule has 1 atom stereocenters. The van der Waals surface area contributed by atoms with E-state index in [1.54, 1.807) is 12.1 Å². The van der Waals surface area contributed by atoms with Crippen molar-refractivity contribution < 1.29 is 14.7 Å². The van der Waals surface area contributed by atoms with Crippen LogP contribution in [0.15, 0.2) is 48.8 Å². The Morgan fingerprint density at radius 2 is 1.78 bits per heavy atom. The number of rotatable bonds is 3. The molecule has 1 aliphatic heterocycles. The van der Waals surface area contributed by atoms with Crippen LogP contribution in [0.3, 0.4) is 0 Å². The lowest BCUT2D eigenvalue weighted by atomic mass is 9.92. The number of nitrogens with zero attached hydrogens (tertiary/aromatic N) is 2. The number of primary amides is 1. The summed E-state index contributed by atoms with van der Waals surface area (Å²) >= 11 is 0. The number of aromatic nitrogens is 1. The van der Waals surface area contributed by atoms with Gasteiger partial charge in [0.1, 0.15) is 0 Å². The summed E-state index contributed by atoms with van der Waals surface area (Å²) in [4.78, 5) is 25.4. The van der Waals surface area contributed by atoms with E-state index in [4.69, 9.17) is 5.73 Å². The molecule has 0 bridgehead atoms. The first-order valence-corrected chi connectivity index (χ1v) is 7.55. The van der Waals surface area contributed by atoms with Gasteiger partial charge in [0.2, 0.25) is 0 Å². The van der Waals surface area contributed by atoms with Crippen molar-refractivity contribution in [2.75, 3.05) is 13.1 Å². The summed E-state index contributed by atoms with van der Waals surface area (Å²) in [6, 6.07) is 11.1. The van der Waals surface area contributed by atoms with E-state index in [1.807, 2.05) is 41.2 Å². The second kappa shape index (κ2) is 5.89. The van der Waals surface area contributed by atoms with Crippen molar-refractivity contribution in [2.24, 2.45) is 5.73 Å². The number of aliphatic hydroxyl groups is 1. The van der Waals surface area contributed by atoms with Crippen LogP contribution in [0, 0.1) is 0 Å². The van der Waals surface area contributed by atoms with Crippen LogP contribution in [0.1, 0.15) is 23.2 Å². The van der Waals surface area contributed by atoms with Crippen LogP contribution in [0.5, 0.6) is 0 Å². The number of benzene rings is 1. The number of likely N-dealkylation sites (tertiary alicyclic amines) is 1. The molecule has 120 valence electrons. The first-order valence-electron chi connectivity index (χ1n) is 7.55. The second-order valence-electron chi connectivity index (χ2n) is 5.86. The van der Waals surface area contributed by atoms with Crippen LogP contribution in [-0.2, 0) is 4.79 Å². The SMILES string of the molecule is NC(=O)[C@@]1(O)CCCN(C(=O)c2ccc(-n3cccc3)cc2)C1. The summed E-state index contributed by atoms with van der Waals surface area (Å²) < 4.78 is 1.95. The van der Waals surface area contributed by atoms with Crippen molar-refractivity contribution in [2.45, 2.75) is 18.4 Å². The molecular formula is C17H19N3O3. The number of β-amino-alcohol motifs (C(OH)–C–C–N with tert-alkyl or cyclic N) is 1. The average Bonchev–Trinajstić information content (AvgIpc) is 3.09. The van der Waals surface area contributed by atoms with Crippen molar-refractivity contribution in [3.8, 4) is 5.69 Å². The summed E-state index contributed by atoms with van der Waals surface area (Å²) in [6.07, 6.45) is 4.69. The Morgan fingerprint density at radius 3 is 2.39 bits per heavy atom. The molecule has 1 fully saturated rings. The number of nitrogens with two attached hydrogens (primary N) is 1. The highest BCUT2D eigenvalue weighted by atomic mass is 16.3. The highest BCUT2D eigenvalue weighted by Gasteiger charge is 2.40. The molecule has 0 aliphatic carbocycles. The monoisotopic (exact) mass is 313 g/mol. The highest BCUT2D eigenvalue weighted by Crippen LogP contribution is 2.22. The molecule has 2 aromatic rings. The van der Waals surface area contributed by atoms with E-state index in [2.05, 4.69) is 0 Å². The van der Waals surface area contributed by atoms with E-state index in [9.17, 15) is 14.7 Å². The Kier molecular flexibility index (Phi) is 3.92. The van der Waals surface area contributed by atoms with Gasteiger partial charge < -0.3 is 20.3 Å². The Labute approximate surface area is 134 Å². The molecule has 2 heterocycles. The van der Waals surface area contributed by atoms with E-state index in [0.717, 1.165) is 5.69 Å². The van der Waals surface area contributed by atoms with Gasteiger partial charge in [-0.3, -0.25) is 9.59 Å². The van der Waals surface area contributed by atoms with E-state index >= 15 is 0 Å². The van der Waals surface area contributed by atoms with Crippen LogP contribution < -0.4 is 5.73 Å². The lowest BCUT2D eigenvalue weighted by Crippen LogP contribution is -2.57. The Bertz CT molecular complexity index is 709. The topological polar surface area (TPSA) is 88.6 Å². The summed E-state index contributed by atoms with van der Waals surface area (Å²) in [6.45, 7) is 0.453. The van der Waals surface area contributed by atoms with Crippen molar-refractivity contribution in [3.63, 3.8) is 0 Å². The number of piperidine rings is 1. The predicted octanol–water partition coefficient (Wildman–Crippen LogP) is 0.930. The number of hydrogen-bond acceptors (Lipinski definition) is 3. The number of amides is 2. The van der Waals surface area contributed by atoms with Gasteiger partial charge in [-0.2, -0.15) is 0 Å². The van der Waals surface area contributed by atoms with Crippen molar-refractivity contribution in [3.05, 3.63) is 54.4 Å². The van der Waals surface area contributed by atoms with Crippen molar-refractivity contribution >= 4 is 11.8 Å². The predicted molar refractivity (Wildman–Crippen MR) is 85.1 cm³/mol. The normalized spacial score (nSPS) is 21.2. The molecule has 1 aromatic carbocycles. The minimum atomic E-state index is -1.63. The van der Waals surface area contributed by atoms with Crippen LogP contribution in [0.25, 0.3) is 5.69 Å². The van der Waals surface area contributed by atoms with E-state index in [-0.39, 0.29) is 12.5 Å². The summed E-state index contributed by atoms with van der Waals surface area (Å²) in [5, 5.41) is 10.2. The molecular weight excluding hydrogens is 294 g/mol. The van der Waals surface area contributed by atoms with Gasteiger partial charge >= 0.3 is 0 Å². The fourth-order valence-corrected chi connectivity index (χ4v) is 2.88. The van der Waals surface area contributed by atoms with Crippen LogP contribution in [-0.4, -0.2) is 45.1 Å². The largest absolute Gasteiger partial charge is 0.378 e. The molecule has 3 rings (SSSR count). The van der Waals surface area contributed by atoms with Crippen LogP contribution >= 0.6 is 0 Å². The zero-order valence-electron chi connectivity index (χ0n) is 12.7. The Morgan fingerprint density at radius 1 is 1.13 bits per heavy atom. The third kappa shape index (κ3) is 2.98. The summed E-state index contributed by atoms with van der Waals surface area (Å²) in [5.41, 5.74) is 5.10. The molecule has 3 N–H and O–H groups in total. The fourth-order valence-electron chi connectivity index (χ4n) is 2.88. The van der Waals surface area contributed by atoms with Gasteiger partial charge in [0, 0.05) is 30.2 Å². The minimum absolute atomic E-state index is 0.0550. The molecule has 23 heavy (non-hydrogen) atoms. The van der Waals surface area contributed by atoms with Gasteiger partial charge in [-0.15, -0.1) is 0 Å². The standard InChI is InChI=1S/C17H19N3O3/c18-16(22)17(23)8-3-11-20(12-17)15(21)13-4-6-14(7-5-13)19-9-1-2-10-19/h1-2,4-7,9-10,23H,3,8,11-12H2,(H2,18,22)/t17-/m1/s1. The third-order valence-corrected chi connectivity index (χ3v) is 4.23. The first-order chi connectivity index (χ1) is 11.0. The van der Waals surface area contributed by atoms with Gasteiger partial charge in [-0.1, -0.05) is 0 Å². The lowest BCUT2D eigenvalue weighted by molar-refractivity contribution is -0.140. The number of carbonyl (C=O) groups excluding carboxylic acids is 2. The molecule has 6 heteroatoms. The molecule has 0 spiro atoms. The Hall–Kier alpha value is -2.60. The smallest absolute Gasteiger partial charge is 0.253 e. The van der Waals surface area contributed by atoms with Gasteiger partial charge in [-0.05, 0) is 49.2 Å². The van der Waals surface area contributed by atoms with Gasteiger partial charge in [-0.25, -0.2) is 0 Å². The zero-order valence-corrected chi connectivity index (χ0v) is 12.7. The summed E-state index contributed by atoms with van der Waals surface area (Å²) in [5.74, 6) is -0.985. The minimum Gasteiger partial charge on any atom is -0.378 e. The quantitative estimate of drug-likeness (QED) is 0.883. The summed E-state index contributed by atoms with van der Waals surface area (Å²) in [7, 11) is 0. The molecule has 6 nitrogen and oxygen atoms in total. The molecule has 1 aromatic heterocycles. The van der Waals surface area contributed by atoms with Gasteiger partial charge in [0.05, 0.1) is 6.54 Å². The first kappa shape index (κ1) is 15.3. The molecule has 0 radical (unpaired) electrons. The highest BCUT2D eigenvalue weighted by molar-refractivity contribution is 5.95. The van der Waals surface area contributed by atoms with E-state index in [0.29, 0.717) is 24.9 Å². The molecule has 0 saturated carbocycles. The zero-order chi connectivity index (χ0) is 16.4. The van der Waals surface area contributed by atoms with Crippen molar-refractivity contribution in [1.82, 2.24) is 9.47 Å². The maximum Gasteiger partial charge on any atom is 0.253 e. The molecule has 0 unspecified atom stereocenters. The van der Waals surface area contributed by atoms with Crippen LogP contribution in [0.4, 0.5) is 0 Å². The molecule has 2 amide bonds. The van der Waals surface area contributed by atoms with Crippen molar-refractivity contribution in [1.29, 1.82) is 0 Å². The number of hydrogen-bond donors (Lipinski definition) is 2. The second-order valence-corrected chi connectivity index (χ2v) is 5.86. The fraction of sp³-hybridized carbons (Fsp3) is 0.294. The molecule has 1 saturated heterocycles. The van der Waals surface area contributed by atoms with E-state index < -0.39 is 11.5 Å². The lowest BCUT2D eigenvalue weighted by Gasteiger charge is -2.37. The molecule has 1 aliphatic rings. The maximum absolute atomic E-state index is 12.6. The van der Waals surface area contributed by atoms with Gasteiger partial charge in [0.15, 0.2) is 5.60 Å². The van der Waals surface area contributed by atoms with Gasteiger partial charge in [0.25, 0.3) is 11.8 Å². The average molecular weight is 313 g/mol. The third-order valence-electron chi connectivity index (χ3n) is 4.23. The van der Waals surface area contributed by atoms with E-state index in [1.165, 1.54) is 4.90 Å². The maximum atomic E-state index is 12.6. The van der Waals surface area contributed by atoms with Crippen LogP contribution in [0.2, 0.25) is 0 Å². The Balaban J connectivity index is 1.76. The number of carbonyl (C=O) groups is 2.